The summed E-state index contributed by atoms with van der Waals surface area (Å²) in [6.45, 7) is 10.5. The molecular formula is C18H23NO2S. The van der Waals surface area contributed by atoms with Crippen molar-refractivity contribution in [2.45, 2.75) is 51.3 Å². The molecule has 0 fully saturated rings. The smallest absolute Gasteiger partial charge is 0.319 e. The summed E-state index contributed by atoms with van der Waals surface area (Å²) < 4.78 is 5.15. The van der Waals surface area contributed by atoms with Gasteiger partial charge in [0.1, 0.15) is 10.3 Å². The van der Waals surface area contributed by atoms with E-state index in [0.717, 1.165) is 27.9 Å². The summed E-state index contributed by atoms with van der Waals surface area (Å²) in [7, 11) is 0. The SMILES string of the molecule is CCOC(=O)[C@H](CC)Sc1nc2c(C)c(C)ccc2cc1C. The molecule has 118 valence electrons. The first-order valence-corrected chi connectivity index (χ1v) is 8.56. The van der Waals surface area contributed by atoms with Gasteiger partial charge in [0.25, 0.3) is 0 Å². The molecule has 0 bridgehead atoms. The monoisotopic (exact) mass is 317 g/mol. The van der Waals surface area contributed by atoms with Crippen molar-refractivity contribution in [3.63, 3.8) is 0 Å². The van der Waals surface area contributed by atoms with Crippen LogP contribution in [0.25, 0.3) is 10.9 Å². The molecule has 4 heteroatoms. The van der Waals surface area contributed by atoms with Crippen molar-refractivity contribution in [2.75, 3.05) is 6.61 Å². The fourth-order valence-corrected chi connectivity index (χ4v) is 3.35. The lowest BCUT2D eigenvalue weighted by Gasteiger charge is -2.15. The van der Waals surface area contributed by atoms with E-state index in [0.29, 0.717) is 6.61 Å². The molecule has 0 aliphatic rings. The van der Waals surface area contributed by atoms with Gasteiger partial charge in [-0.15, -0.1) is 0 Å². The summed E-state index contributed by atoms with van der Waals surface area (Å²) in [5, 5.41) is 1.86. The lowest BCUT2D eigenvalue weighted by atomic mass is 10.0. The second-order valence-electron chi connectivity index (χ2n) is 5.46. The summed E-state index contributed by atoms with van der Waals surface area (Å²) in [5.41, 5.74) is 4.55. The summed E-state index contributed by atoms with van der Waals surface area (Å²) in [5.74, 6) is -0.155. The standard InChI is InChI=1S/C18H23NO2S/c1-6-15(18(20)21-7-2)22-17-12(4)10-14-9-8-11(3)13(5)16(14)19-17/h8-10,15H,6-7H2,1-5H3/t15-/m0/s1. The third-order valence-electron chi connectivity index (χ3n) is 3.83. The number of aryl methyl sites for hydroxylation is 3. The molecular weight excluding hydrogens is 294 g/mol. The number of fused-ring (bicyclic) bond motifs is 1. The Morgan fingerprint density at radius 3 is 2.59 bits per heavy atom. The van der Waals surface area contributed by atoms with Crippen LogP contribution in [0, 0.1) is 20.8 Å². The van der Waals surface area contributed by atoms with E-state index in [1.54, 1.807) is 0 Å². The summed E-state index contributed by atoms with van der Waals surface area (Å²) in [4.78, 5) is 16.8. The Kier molecular flexibility index (Phi) is 5.46. The number of benzene rings is 1. The molecule has 0 spiro atoms. The van der Waals surface area contributed by atoms with E-state index in [-0.39, 0.29) is 11.2 Å². The molecule has 0 saturated carbocycles. The Morgan fingerprint density at radius 2 is 1.95 bits per heavy atom. The molecule has 22 heavy (non-hydrogen) atoms. The van der Waals surface area contributed by atoms with Gasteiger partial charge in [-0.2, -0.15) is 0 Å². The van der Waals surface area contributed by atoms with Crippen molar-refractivity contribution < 1.29 is 9.53 Å². The highest BCUT2D eigenvalue weighted by Crippen LogP contribution is 2.31. The van der Waals surface area contributed by atoms with E-state index >= 15 is 0 Å². The number of pyridine rings is 1. The highest BCUT2D eigenvalue weighted by Gasteiger charge is 2.21. The molecule has 2 aromatic rings. The zero-order valence-electron chi connectivity index (χ0n) is 13.9. The first kappa shape index (κ1) is 16.8. The van der Waals surface area contributed by atoms with E-state index < -0.39 is 0 Å². The molecule has 2 rings (SSSR count). The summed E-state index contributed by atoms with van der Waals surface area (Å²) in [6.07, 6.45) is 0.732. The Hall–Kier alpha value is -1.55. The zero-order chi connectivity index (χ0) is 16.3. The van der Waals surface area contributed by atoms with Gasteiger partial charge in [0.2, 0.25) is 0 Å². The second kappa shape index (κ2) is 7.14. The average molecular weight is 317 g/mol. The Bertz CT molecular complexity index is 697. The molecule has 0 aliphatic heterocycles. The van der Waals surface area contributed by atoms with Crippen LogP contribution in [0.5, 0.6) is 0 Å². The van der Waals surface area contributed by atoms with Crippen molar-refractivity contribution in [3.8, 4) is 0 Å². The van der Waals surface area contributed by atoms with Crippen molar-refractivity contribution in [1.82, 2.24) is 4.98 Å². The lowest BCUT2D eigenvalue weighted by molar-refractivity contribution is -0.142. The minimum atomic E-state index is -0.200. The average Bonchev–Trinajstić information content (AvgIpc) is 2.49. The number of hydrogen-bond donors (Lipinski definition) is 0. The molecule has 1 atom stereocenters. The van der Waals surface area contributed by atoms with Gasteiger partial charge in [-0.1, -0.05) is 30.8 Å². The van der Waals surface area contributed by atoms with Crippen LogP contribution in [0.15, 0.2) is 23.2 Å². The predicted octanol–water partition coefficient (Wildman–Crippen LogP) is 4.59. The molecule has 0 unspecified atom stereocenters. The minimum absolute atomic E-state index is 0.155. The van der Waals surface area contributed by atoms with Gasteiger partial charge in [0, 0.05) is 5.39 Å². The van der Waals surface area contributed by atoms with E-state index in [2.05, 4.69) is 32.0 Å². The molecule has 1 aromatic heterocycles. The molecule has 1 heterocycles. The predicted molar refractivity (Wildman–Crippen MR) is 92.5 cm³/mol. The number of nitrogens with zero attached hydrogens (tertiary/aromatic N) is 1. The third kappa shape index (κ3) is 3.43. The van der Waals surface area contributed by atoms with Crippen molar-refractivity contribution in [2.24, 2.45) is 0 Å². The van der Waals surface area contributed by atoms with Gasteiger partial charge < -0.3 is 4.74 Å². The Balaban J connectivity index is 2.40. The van der Waals surface area contributed by atoms with Crippen molar-refractivity contribution >= 4 is 28.6 Å². The van der Waals surface area contributed by atoms with Crippen LogP contribution in [0.3, 0.4) is 0 Å². The van der Waals surface area contributed by atoms with Gasteiger partial charge in [0.05, 0.1) is 12.1 Å². The molecule has 0 N–H and O–H groups in total. The van der Waals surface area contributed by atoms with Crippen molar-refractivity contribution in [1.29, 1.82) is 0 Å². The second-order valence-corrected chi connectivity index (χ2v) is 6.65. The topological polar surface area (TPSA) is 39.2 Å². The van der Waals surface area contributed by atoms with E-state index in [9.17, 15) is 4.79 Å². The highest BCUT2D eigenvalue weighted by atomic mass is 32.2. The zero-order valence-corrected chi connectivity index (χ0v) is 14.7. The summed E-state index contributed by atoms with van der Waals surface area (Å²) >= 11 is 1.51. The molecule has 0 amide bonds. The maximum Gasteiger partial charge on any atom is 0.319 e. The van der Waals surface area contributed by atoms with Crippen LogP contribution >= 0.6 is 11.8 Å². The van der Waals surface area contributed by atoms with E-state index in [4.69, 9.17) is 9.72 Å². The number of carbonyl (C=O) groups excluding carboxylic acids is 1. The van der Waals surface area contributed by atoms with E-state index in [1.807, 2.05) is 20.8 Å². The van der Waals surface area contributed by atoms with Crippen LogP contribution in [0.4, 0.5) is 0 Å². The normalized spacial score (nSPS) is 12.4. The van der Waals surface area contributed by atoms with Gasteiger partial charge in [-0.25, -0.2) is 4.98 Å². The largest absolute Gasteiger partial charge is 0.465 e. The number of thioether (sulfide) groups is 1. The number of carbonyl (C=O) groups is 1. The van der Waals surface area contributed by atoms with Crippen LogP contribution in [0.1, 0.15) is 37.0 Å². The first-order chi connectivity index (χ1) is 10.5. The van der Waals surface area contributed by atoms with Gasteiger partial charge in [-0.05, 0) is 56.9 Å². The fraction of sp³-hybridized carbons (Fsp3) is 0.444. The first-order valence-electron chi connectivity index (χ1n) is 7.68. The van der Waals surface area contributed by atoms with E-state index in [1.165, 1.54) is 22.9 Å². The maximum absolute atomic E-state index is 12.0. The third-order valence-corrected chi connectivity index (χ3v) is 5.28. The fourth-order valence-electron chi connectivity index (χ4n) is 2.36. The van der Waals surface area contributed by atoms with Crippen LogP contribution < -0.4 is 0 Å². The Morgan fingerprint density at radius 1 is 1.23 bits per heavy atom. The van der Waals surface area contributed by atoms with Crippen LogP contribution in [-0.2, 0) is 9.53 Å². The molecule has 3 nitrogen and oxygen atoms in total. The number of aromatic nitrogens is 1. The number of rotatable bonds is 5. The van der Waals surface area contributed by atoms with Gasteiger partial charge >= 0.3 is 5.97 Å². The molecule has 0 aliphatic carbocycles. The van der Waals surface area contributed by atoms with Gasteiger partial charge in [0.15, 0.2) is 0 Å². The maximum atomic E-state index is 12.0. The quantitative estimate of drug-likeness (QED) is 0.597. The minimum Gasteiger partial charge on any atom is -0.465 e. The Labute approximate surface area is 136 Å². The van der Waals surface area contributed by atoms with Crippen molar-refractivity contribution in [3.05, 3.63) is 34.9 Å². The van der Waals surface area contributed by atoms with Gasteiger partial charge in [-0.3, -0.25) is 4.79 Å². The molecule has 0 radical (unpaired) electrons. The summed E-state index contributed by atoms with van der Waals surface area (Å²) in [6, 6.07) is 6.38. The molecule has 1 aromatic carbocycles. The lowest BCUT2D eigenvalue weighted by Crippen LogP contribution is -2.19. The number of hydrogen-bond acceptors (Lipinski definition) is 4. The number of esters is 1. The van der Waals surface area contributed by atoms with Crippen LogP contribution in [0.2, 0.25) is 0 Å². The van der Waals surface area contributed by atoms with Crippen LogP contribution in [-0.4, -0.2) is 22.8 Å². The highest BCUT2D eigenvalue weighted by molar-refractivity contribution is 8.00. The number of ether oxygens (including phenoxy) is 1. The molecule has 0 saturated heterocycles.